The highest BCUT2D eigenvalue weighted by Gasteiger charge is 2.27. The molecular weight excluding hydrogens is 426 g/mol. The predicted molar refractivity (Wildman–Crippen MR) is 115 cm³/mol. The van der Waals surface area contributed by atoms with E-state index in [1.165, 1.54) is 22.5 Å². The van der Waals surface area contributed by atoms with Crippen LogP contribution in [0.15, 0.2) is 41.3 Å². The summed E-state index contributed by atoms with van der Waals surface area (Å²) in [7, 11) is -3.72. The van der Waals surface area contributed by atoms with Crippen molar-refractivity contribution in [2.45, 2.75) is 38.0 Å². The summed E-state index contributed by atoms with van der Waals surface area (Å²) in [5, 5.41) is 0.0659. The highest BCUT2D eigenvalue weighted by Crippen LogP contribution is 2.25. The summed E-state index contributed by atoms with van der Waals surface area (Å²) >= 11 is 6.10. The second kappa shape index (κ2) is 9.29. The number of rotatable bonds is 6. The van der Waals surface area contributed by atoms with Crippen LogP contribution in [-0.4, -0.2) is 44.2 Å². The van der Waals surface area contributed by atoms with Crippen LogP contribution in [0.5, 0.6) is 0 Å². The first-order valence-electron chi connectivity index (χ1n) is 9.77. The Hall–Kier alpha value is -2.22. The number of ketones is 1. The summed E-state index contributed by atoms with van der Waals surface area (Å²) in [4.78, 5) is 24.8. The molecule has 0 spiro atoms. The van der Waals surface area contributed by atoms with E-state index in [2.05, 4.69) is 0 Å². The lowest BCUT2D eigenvalue weighted by Gasteiger charge is -2.26. The molecule has 6 nitrogen and oxygen atoms in total. The van der Waals surface area contributed by atoms with Crippen molar-refractivity contribution in [1.29, 1.82) is 0 Å². The van der Waals surface area contributed by atoms with E-state index in [4.69, 9.17) is 16.3 Å². The Kier molecular flexibility index (Phi) is 6.95. The minimum Gasteiger partial charge on any atom is -0.454 e. The Labute approximate surface area is 181 Å². The van der Waals surface area contributed by atoms with Crippen LogP contribution in [0.3, 0.4) is 0 Å². The molecule has 1 heterocycles. The van der Waals surface area contributed by atoms with Crippen LogP contribution in [0.1, 0.15) is 51.1 Å². The van der Waals surface area contributed by atoms with Gasteiger partial charge in [-0.15, -0.1) is 0 Å². The van der Waals surface area contributed by atoms with Gasteiger partial charge in [-0.25, -0.2) is 13.2 Å². The van der Waals surface area contributed by atoms with Gasteiger partial charge in [0.2, 0.25) is 10.0 Å². The quantitative estimate of drug-likeness (QED) is 0.488. The minimum absolute atomic E-state index is 0.0127. The molecule has 1 fully saturated rings. The molecule has 3 rings (SSSR count). The van der Waals surface area contributed by atoms with Gasteiger partial charge in [-0.1, -0.05) is 30.2 Å². The number of nitrogens with zero attached hydrogens (tertiary/aromatic N) is 1. The largest absolute Gasteiger partial charge is 0.454 e. The van der Waals surface area contributed by atoms with E-state index in [9.17, 15) is 18.0 Å². The van der Waals surface area contributed by atoms with Crippen molar-refractivity contribution in [1.82, 2.24) is 4.31 Å². The van der Waals surface area contributed by atoms with Crippen molar-refractivity contribution in [2.75, 3.05) is 19.7 Å². The van der Waals surface area contributed by atoms with Gasteiger partial charge in [0.1, 0.15) is 0 Å². The van der Waals surface area contributed by atoms with Crippen LogP contribution in [0, 0.1) is 13.8 Å². The average Bonchev–Trinajstić information content (AvgIpc) is 2.74. The number of hydrogen-bond donors (Lipinski definition) is 0. The molecule has 0 aliphatic carbocycles. The van der Waals surface area contributed by atoms with E-state index >= 15 is 0 Å². The zero-order chi connectivity index (χ0) is 21.9. The molecule has 0 N–H and O–H groups in total. The average molecular weight is 450 g/mol. The van der Waals surface area contributed by atoms with Gasteiger partial charge in [0.25, 0.3) is 0 Å². The molecule has 0 amide bonds. The van der Waals surface area contributed by atoms with E-state index < -0.39 is 22.6 Å². The zero-order valence-electron chi connectivity index (χ0n) is 17.0. The summed E-state index contributed by atoms with van der Waals surface area (Å²) in [5.74, 6) is -1.19. The third-order valence-electron chi connectivity index (χ3n) is 5.27. The Bertz CT molecular complexity index is 1070. The normalized spacial score (nSPS) is 15.0. The number of esters is 1. The number of carbonyl (C=O) groups is 2. The number of piperidine rings is 1. The first kappa shape index (κ1) is 22.5. The van der Waals surface area contributed by atoms with E-state index in [-0.39, 0.29) is 21.3 Å². The molecule has 1 saturated heterocycles. The van der Waals surface area contributed by atoms with Crippen LogP contribution >= 0.6 is 11.6 Å². The van der Waals surface area contributed by atoms with E-state index in [1.54, 1.807) is 12.1 Å². The Morgan fingerprint density at radius 2 is 1.70 bits per heavy atom. The SMILES string of the molecule is Cc1ccc(C(=O)COC(=O)c2cc(S(=O)(=O)N3CCCCC3)ccc2Cl)cc1C. The number of ether oxygens (including phenoxy) is 1. The van der Waals surface area contributed by atoms with Gasteiger partial charge in [0.15, 0.2) is 12.4 Å². The van der Waals surface area contributed by atoms with Gasteiger partial charge in [-0.3, -0.25) is 4.79 Å². The molecule has 2 aromatic rings. The van der Waals surface area contributed by atoms with Gasteiger partial charge in [0.05, 0.1) is 15.5 Å². The number of aryl methyl sites for hydroxylation is 2. The number of Topliss-reactive ketones (excluding diaryl/α,β-unsaturated/α-hetero) is 1. The zero-order valence-corrected chi connectivity index (χ0v) is 18.6. The molecule has 0 unspecified atom stereocenters. The topological polar surface area (TPSA) is 80.8 Å². The van der Waals surface area contributed by atoms with E-state index in [1.807, 2.05) is 19.9 Å². The lowest BCUT2D eigenvalue weighted by molar-refractivity contribution is 0.0474. The number of carbonyl (C=O) groups excluding carboxylic acids is 2. The summed E-state index contributed by atoms with van der Waals surface area (Å²) in [5.41, 5.74) is 2.38. The maximum absolute atomic E-state index is 12.9. The van der Waals surface area contributed by atoms with Crippen LogP contribution < -0.4 is 0 Å². The summed E-state index contributed by atoms with van der Waals surface area (Å²) in [6, 6.07) is 9.20. The van der Waals surface area contributed by atoms with Gasteiger partial charge in [0, 0.05) is 18.7 Å². The number of halogens is 1. The lowest BCUT2D eigenvalue weighted by atomic mass is 10.0. The fourth-order valence-corrected chi connectivity index (χ4v) is 5.02. The Balaban J connectivity index is 1.75. The second-order valence-corrected chi connectivity index (χ2v) is 9.75. The predicted octanol–water partition coefficient (Wildman–Crippen LogP) is 4.17. The molecule has 1 aliphatic heterocycles. The van der Waals surface area contributed by atoms with Crippen LogP contribution in [0.25, 0.3) is 0 Å². The molecule has 0 saturated carbocycles. The summed E-state index contributed by atoms with van der Waals surface area (Å²) < 4.78 is 32.3. The maximum atomic E-state index is 12.9. The van der Waals surface area contributed by atoms with Crippen molar-refractivity contribution in [3.63, 3.8) is 0 Å². The third-order valence-corrected chi connectivity index (χ3v) is 7.50. The van der Waals surface area contributed by atoms with Crippen molar-refractivity contribution in [3.05, 3.63) is 63.7 Å². The number of hydrogen-bond acceptors (Lipinski definition) is 5. The minimum atomic E-state index is -3.72. The van der Waals surface area contributed by atoms with Crippen molar-refractivity contribution < 1.29 is 22.7 Å². The molecule has 30 heavy (non-hydrogen) atoms. The second-order valence-electron chi connectivity index (χ2n) is 7.40. The molecule has 8 heteroatoms. The molecule has 1 aliphatic rings. The smallest absolute Gasteiger partial charge is 0.340 e. The highest BCUT2D eigenvalue weighted by atomic mass is 35.5. The fourth-order valence-electron chi connectivity index (χ4n) is 3.28. The molecule has 0 atom stereocenters. The molecule has 160 valence electrons. The third kappa shape index (κ3) is 4.91. The van der Waals surface area contributed by atoms with Crippen LogP contribution in [0.2, 0.25) is 5.02 Å². The van der Waals surface area contributed by atoms with E-state index in [0.29, 0.717) is 18.7 Å². The van der Waals surface area contributed by atoms with Crippen molar-refractivity contribution >= 4 is 33.4 Å². The first-order chi connectivity index (χ1) is 14.2. The van der Waals surface area contributed by atoms with E-state index in [0.717, 1.165) is 30.4 Å². The van der Waals surface area contributed by atoms with Gasteiger partial charge < -0.3 is 4.74 Å². The van der Waals surface area contributed by atoms with Gasteiger partial charge in [-0.2, -0.15) is 4.31 Å². The van der Waals surface area contributed by atoms with Crippen molar-refractivity contribution in [2.24, 2.45) is 0 Å². The van der Waals surface area contributed by atoms with Crippen LogP contribution in [-0.2, 0) is 14.8 Å². The Morgan fingerprint density at radius 3 is 2.37 bits per heavy atom. The molecule has 0 bridgehead atoms. The number of sulfonamides is 1. The molecular formula is C22H24ClNO5S. The van der Waals surface area contributed by atoms with Gasteiger partial charge in [-0.05, 0) is 62.1 Å². The summed E-state index contributed by atoms with van der Waals surface area (Å²) in [6.07, 6.45) is 2.61. The van der Waals surface area contributed by atoms with Gasteiger partial charge >= 0.3 is 5.97 Å². The maximum Gasteiger partial charge on any atom is 0.340 e. The summed E-state index contributed by atoms with van der Waals surface area (Å²) in [6.45, 7) is 4.29. The highest BCUT2D eigenvalue weighted by molar-refractivity contribution is 7.89. The first-order valence-corrected chi connectivity index (χ1v) is 11.6. The molecule has 2 aromatic carbocycles. The molecule has 0 aromatic heterocycles. The molecule has 0 radical (unpaired) electrons. The van der Waals surface area contributed by atoms with Crippen molar-refractivity contribution in [3.8, 4) is 0 Å². The fraction of sp³-hybridized carbons (Fsp3) is 0.364. The van der Waals surface area contributed by atoms with Crippen LogP contribution in [0.4, 0.5) is 0 Å². The Morgan fingerprint density at radius 1 is 1.00 bits per heavy atom. The monoisotopic (exact) mass is 449 g/mol. The standard InChI is InChI=1S/C22H24ClNO5S/c1-15-6-7-17(12-16(15)2)21(25)14-29-22(26)19-13-18(8-9-20(19)23)30(27,28)24-10-4-3-5-11-24/h6-9,12-13H,3-5,10-11,14H2,1-2H3. The number of benzene rings is 2. The lowest BCUT2D eigenvalue weighted by Crippen LogP contribution is -2.35.